The molecule has 0 aliphatic heterocycles. The number of hydrogen-bond acceptors (Lipinski definition) is 2. The minimum absolute atomic E-state index is 0.289. The average molecular weight is 316 g/mol. The highest BCUT2D eigenvalue weighted by Gasteiger charge is 2.60. The predicted molar refractivity (Wildman–Crippen MR) is 93.6 cm³/mol. The summed E-state index contributed by atoms with van der Waals surface area (Å²) in [6, 6.07) is 0. The van der Waals surface area contributed by atoms with Gasteiger partial charge in [0.15, 0.2) is 0 Å². The molecule has 0 radical (unpaired) electrons. The smallest absolute Gasteiger partial charge is 0.133 e. The first-order valence-electron chi connectivity index (χ1n) is 9.93. The molecule has 2 heteroatoms. The summed E-state index contributed by atoms with van der Waals surface area (Å²) < 4.78 is 0. The van der Waals surface area contributed by atoms with Crippen LogP contribution in [0.1, 0.15) is 78.6 Å². The topological polar surface area (TPSA) is 40.9 Å². The summed E-state index contributed by atoms with van der Waals surface area (Å²) in [7, 11) is 0. The molecule has 0 saturated heterocycles. The summed E-state index contributed by atoms with van der Waals surface area (Å²) in [6.07, 6.45) is 11.1. The minimum atomic E-state index is 0.289. The molecule has 23 heavy (non-hydrogen) atoms. The highest BCUT2D eigenvalue weighted by atomic mass is 16.1. The van der Waals surface area contributed by atoms with Gasteiger partial charge in [-0.3, -0.25) is 4.79 Å². The maximum absolute atomic E-state index is 12.2. The molecule has 4 rings (SSSR count). The molecule has 128 valence electrons. The van der Waals surface area contributed by atoms with E-state index in [9.17, 15) is 4.79 Å². The summed E-state index contributed by atoms with van der Waals surface area (Å²) in [4.78, 5) is 12.2. The van der Waals surface area contributed by atoms with E-state index in [2.05, 4.69) is 13.8 Å². The maximum Gasteiger partial charge on any atom is 0.133 e. The van der Waals surface area contributed by atoms with Gasteiger partial charge in [-0.2, -0.15) is 0 Å². The van der Waals surface area contributed by atoms with E-state index in [4.69, 9.17) is 5.41 Å². The monoisotopic (exact) mass is 315 g/mol. The lowest BCUT2D eigenvalue weighted by Gasteiger charge is -2.60. The third-order valence-corrected chi connectivity index (χ3v) is 9.01. The lowest BCUT2D eigenvalue weighted by Crippen LogP contribution is -2.53. The fourth-order valence-corrected chi connectivity index (χ4v) is 7.75. The van der Waals surface area contributed by atoms with E-state index in [1.807, 2.05) is 6.92 Å². The van der Waals surface area contributed by atoms with Crippen LogP contribution in [0.3, 0.4) is 0 Å². The van der Waals surface area contributed by atoms with Crippen molar-refractivity contribution in [1.29, 1.82) is 5.41 Å². The third-order valence-electron chi connectivity index (χ3n) is 9.01. The number of hydrogen-bond donors (Lipinski definition) is 1. The molecule has 0 aromatic rings. The molecule has 4 saturated carbocycles. The van der Waals surface area contributed by atoms with Crippen LogP contribution in [-0.4, -0.2) is 11.5 Å². The van der Waals surface area contributed by atoms with Crippen molar-refractivity contribution in [3.63, 3.8) is 0 Å². The van der Waals surface area contributed by atoms with Gasteiger partial charge in [0.05, 0.1) is 0 Å². The molecule has 0 bridgehead atoms. The van der Waals surface area contributed by atoms with Crippen LogP contribution in [0.5, 0.6) is 0 Å². The molecule has 0 unspecified atom stereocenters. The molecular weight excluding hydrogens is 282 g/mol. The zero-order valence-corrected chi connectivity index (χ0v) is 15.2. The second-order valence-electron chi connectivity index (χ2n) is 9.75. The molecule has 0 amide bonds. The zero-order chi connectivity index (χ0) is 16.4. The van der Waals surface area contributed by atoms with Crippen molar-refractivity contribution in [2.24, 2.45) is 40.4 Å². The second-order valence-corrected chi connectivity index (χ2v) is 9.75. The Morgan fingerprint density at radius 3 is 2.48 bits per heavy atom. The summed E-state index contributed by atoms with van der Waals surface area (Å²) in [6.45, 7) is 6.83. The Balaban J connectivity index is 1.63. The van der Waals surface area contributed by atoms with Gasteiger partial charge in [-0.05, 0) is 99.2 Å². The van der Waals surface area contributed by atoms with Crippen LogP contribution in [0.15, 0.2) is 0 Å². The summed E-state index contributed by atoms with van der Waals surface area (Å²) >= 11 is 0. The Morgan fingerprint density at radius 2 is 1.74 bits per heavy atom. The maximum atomic E-state index is 12.2. The van der Waals surface area contributed by atoms with Gasteiger partial charge in [-0.15, -0.1) is 0 Å². The normalized spacial score (nSPS) is 52.5. The average Bonchev–Trinajstić information content (AvgIpc) is 2.85. The van der Waals surface area contributed by atoms with Crippen LogP contribution in [0.25, 0.3) is 0 Å². The largest absolute Gasteiger partial charge is 0.310 e. The minimum Gasteiger partial charge on any atom is -0.310 e. The van der Waals surface area contributed by atoms with Gasteiger partial charge in [0.25, 0.3) is 0 Å². The van der Waals surface area contributed by atoms with Gasteiger partial charge < -0.3 is 5.41 Å². The summed E-state index contributed by atoms with van der Waals surface area (Å²) in [5, 5.41) is 8.12. The van der Waals surface area contributed by atoms with Crippen LogP contribution >= 0.6 is 0 Å². The van der Waals surface area contributed by atoms with E-state index in [-0.39, 0.29) is 5.41 Å². The van der Waals surface area contributed by atoms with E-state index in [0.717, 1.165) is 48.6 Å². The molecule has 7 atom stereocenters. The van der Waals surface area contributed by atoms with E-state index in [1.165, 1.54) is 38.5 Å². The molecule has 4 aliphatic carbocycles. The Hall–Kier alpha value is -0.660. The third kappa shape index (κ3) is 2.12. The van der Waals surface area contributed by atoms with Crippen LogP contribution in [0.2, 0.25) is 0 Å². The fourth-order valence-electron chi connectivity index (χ4n) is 7.75. The van der Waals surface area contributed by atoms with Gasteiger partial charge >= 0.3 is 0 Å². The molecule has 2 nitrogen and oxygen atoms in total. The number of carbonyl (C=O) groups excluding carboxylic acids is 1. The summed E-state index contributed by atoms with van der Waals surface area (Å²) in [5.74, 6) is 4.04. The van der Waals surface area contributed by atoms with E-state index in [0.29, 0.717) is 17.1 Å². The van der Waals surface area contributed by atoms with Gasteiger partial charge in [0, 0.05) is 11.6 Å². The van der Waals surface area contributed by atoms with E-state index >= 15 is 0 Å². The van der Waals surface area contributed by atoms with Crippen LogP contribution < -0.4 is 0 Å². The van der Waals surface area contributed by atoms with E-state index < -0.39 is 0 Å². The molecular formula is C21H33NO. The first-order valence-corrected chi connectivity index (χ1v) is 9.93. The zero-order valence-electron chi connectivity index (χ0n) is 15.2. The second kappa shape index (κ2) is 5.17. The number of rotatable bonds is 1. The first kappa shape index (κ1) is 15.8. The summed E-state index contributed by atoms with van der Waals surface area (Å²) in [5.41, 5.74) is 1.77. The van der Waals surface area contributed by atoms with Gasteiger partial charge in [0.2, 0.25) is 0 Å². The molecule has 4 aliphatic rings. The predicted octanol–water partition coefficient (Wildman–Crippen LogP) is 5.25. The fraction of sp³-hybridized carbons (Fsp3) is 0.905. The van der Waals surface area contributed by atoms with Crippen LogP contribution in [0.4, 0.5) is 0 Å². The van der Waals surface area contributed by atoms with Crippen LogP contribution in [0, 0.1) is 45.8 Å². The molecule has 0 aromatic carbocycles. The Bertz CT molecular complexity index is 540. The first-order chi connectivity index (χ1) is 10.9. The molecule has 4 fully saturated rings. The van der Waals surface area contributed by atoms with Gasteiger partial charge in [-0.1, -0.05) is 13.8 Å². The number of ketones is 1. The molecule has 0 aromatic heterocycles. The lowest BCUT2D eigenvalue weighted by atomic mass is 9.44. The SMILES string of the molecule is CC(=O)[C@H]1CC[C@H]2[C@@H]3CC[C@H]4CC(=N)CC[C@]4(C)[C@H]3CC[C@]12C. The van der Waals surface area contributed by atoms with Crippen molar-refractivity contribution in [2.75, 3.05) is 0 Å². The van der Waals surface area contributed by atoms with Gasteiger partial charge in [0.1, 0.15) is 5.78 Å². The van der Waals surface area contributed by atoms with Gasteiger partial charge in [-0.25, -0.2) is 0 Å². The molecule has 0 heterocycles. The lowest BCUT2D eigenvalue weighted by molar-refractivity contribution is -0.131. The van der Waals surface area contributed by atoms with Crippen molar-refractivity contribution in [1.82, 2.24) is 0 Å². The van der Waals surface area contributed by atoms with Crippen molar-refractivity contribution < 1.29 is 4.79 Å². The number of nitrogens with one attached hydrogen (secondary N) is 1. The van der Waals surface area contributed by atoms with Crippen molar-refractivity contribution in [3.8, 4) is 0 Å². The number of fused-ring (bicyclic) bond motifs is 5. The standard InChI is InChI=1S/C21H33NO/c1-13(23)17-6-7-18-16-5-4-14-12-15(22)8-10-20(14,2)19(16)9-11-21(17,18)3/h14,16-19,22H,4-12H2,1-3H3/t14-,16-,17+,18-,19-,20-,21+/m0/s1. The Kier molecular flexibility index (Phi) is 3.56. The quantitative estimate of drug-likeness (QED) is 0.705. The van der Waals surface area contributed by atoms with Crippen molar-refractivity contribution >= 4 is 11.5 Å². The molecule has 1 N–H and O–H groups in total. The molecule has 0 spiro atoms. The van der Waals surface area contributed by atoms with Crippen molar-refractivity contribution in [2.45, 2.75) is 78.6 Å². The van der Waals surface area contributed by atoms with Crippen LogP contribution in [-0.2, 0) is 4.79 Å². The Labute approximate surface area is 141 Å². The highest BCUT2D eigenvalue weighted by Crippen LogP contribution is 2.67. The highest BCUT2D eigenvalue weighted by molar-refractivity contribution is 5.82. The number of carbonyl (C=O) groups is 1. The van der Waals surface area contributed by atoms with Crippen molar-refractivity contribution in [3.05, 3.63) is 0 Å². The number of Topliss-reactive ketones (excluding diaryl/α,β-unsaturated/α-hetero) is 1. The van der Waals surface area contributed by atoms with E-state index in [1.54, 1.807) is 0 Å². The Morgan fingerprint density at radius 1 is 1.00 bits per heavy atom.